The summed E-state index contributed by atoms with van der Waals surface area (Å²) in [6.45, 7) is 4.71. The lowest BCUT2D eigenvalue weighted by atomic mass is 10.0. The second-order valence-corrected chi connectivity index (χ2v) is 5.52. The molecule has 0 unspecified atom stereocenters. The van der Waals surface area contributed by atoms with Gasteiger partial charge in [0.05, 0.1) is 6.54 Å². The zero-order valence-corrected chi connectivity index (χ0v) is 11.8. The standard InChI is InChI=1S/C15H17NOS/c1-11-6-4-8-14(12(11)2)15(17)16(3)10-13-7-5-9-18-13/h4-9H,10H2,1-3H3. The van der Waals surface area contributed by atoms with Gasteiger partial charge in [0.25, 0.3) is 5.91 Å². The van der Waals surface area contributed by atoms with Crippen molar-refractivity contribution in [3.05, 3.63) is 57.3 Å². The molecule has 18 heavy (non-hydrogen) atoms. The topological polar surface area (TPSA) is 20.3 Å². The van der Waals surface area contributed by atoms with Gasteiger partial charge in [0.1, 0.15) is 0 Å². The van der Waals surface area contributed by atoms with Crippen LogP contribution in [-0.4, -0.2) is 17.9 Å². The van der Waals surface area contributed by atoms with E-state index >= 15 is 0 Å². The number of hydrogen-bond acceptors (Lipinski definition) is 2. The second kappa shape index (κ2) is 5.36. The summed E-state index contributed by atoms with van der Waals surface area (Å²) in [4.78, 5) is 15.4. The fraction of sp³-hybridized carbons (Fsp3) is 0.267. The first-order valence-corrected chi connectivity index (χ1v) is 6.81. The first kappa shape index (κ1) is 12.8. The predicted molar refractivity (Wildman–Crippen MR) is 76.0 cm³/mol. The van der Waals surface area contributed by atoms with Crippen molar-refractivity contribution in [2.24, 2.45) is 0 Å². The number of carbonyl (C=O) groups is 1. The van der Waals surface area contributed by atoms with Crippen molar-refractivity contribution in [2.75, 3.05) is 7.05 Å². The molecule has 0 spiro atoms. The molecule has 3 heteroatoms. The van der Waals surface area contributed by atoms with Crippen LogP contribution in [-0.2, 0) is 6.54 Å². The summed E-state index contributed by atoms with van der Waals surface area (Å²) in [6, 6.07) is 9.93. The maximum Gasteiger partial charge on any atom is 0.254 e. The van der Waals surface area contributed by atoms with E-state index < -0.39 is 0 Å². The lowest BCUT2D eigenvalue weighted by Crippen LogP contribution is -2.26. The molecule has 0 radical (unpaired) electrons. The number of benzene rings is 1. The molecule has 0 aliphatic rings. The molecular formula is C15H17NOS. The minimum atomic E-state index is 0.0876. The predicted octanol–water partition coefficient (Wildman–Crippen LogP) is 3.64. The van der Waals surface area contributed by atoms with Gasteiger partial charge >= 0.3 is 0 Å². The summed E-state index contributed by atoms with van der Waals surface area (Å²) in [5, 5.41) is 2.03. The molecule has 2 rings (SSSR count). The van der Waals surface area contributed by atoms with Crippen LogP contribution in [0.15, 0.2) is 35.7 Å². The van der Waals surface area contributed by atoms with Crippen LogP contribution in [0.2, 0.25) is 0 Å². The molecule has 0 bridgehead atoms. The minimum absolute atomic E-state index is 0.0876. The summed E-state index contributed by atoms with van der Waals surface area (Å²) >= 11 is 1.68. The van der Waals surface area contributed by atoms with Crippen LogP contribution < -0.4 is 0 Å². The highest BCUT2D eigenvalue weighted by atomic mass is 32.1. The second-order valence-electron chi connectivity index (χ2n) is 4.49. The highest BCUT2D eigenvalue weighted by Gasteiger charge is 2.15. The summed E-state index contributed by atoms with van der Waals surface area (Å²) in [7, 11) is 1.85. The summed E-state index contributed by atoms with van der Waals surface area (Å²) in [5.41, 5.74) is 3.03. The van der Waals surface area contributed by atoms with Gasteiger partial charge in [-0.15, -0.1) is 11.3 Å². The van der Waals surface area contributed by atoms with Gasteiger partial charge in [0.15, 0.2) is 0 Å². The lowest BCUT2D eigenvalue weighted by Gasteiger charge is -2.18. The van der Waals surface area contributed by atoms with Crippen LogP contribution in [0.4, 0.5) is 0 Å². The van der Waals surface area contributed by atoms with Gasteiger partial charge in [-0.3, -0.25) is 4.79 Å². The van der Waals surface area contributed by atoms with Crippen LogP contribution in [0.3, 0.4) is 0 Å². The molecule has 1 amide bonds. The van der Waals surface area contributed by atoms with E-state index in [9.17, 15) is 4.79 Å². The summed E-state index contributed by atoms with van der Waals surface area (Å²) < 4.78 is 0. The number of hydrogen-bond donors (Lipinski definition) is 0. The molecule has 2 aromatic rings. The van der Waals surface area contributed by atoms with Gasteiger partial charge in [-0.1, -0.05) is 18.2 Å². The Morgan fingerprint density at radius 3 is 2.67 bits per heavy atom. The van der Waals surface area contributed by atoms with Crippen molar-refractivity contribution in [1.29, 1.82) is 0 Å². The zero-order valence-electron chi connectivity index (χ0n) is 10.9. The Bertz CT molecular complexity index is 546. The monoisotopic (exact) mass is 259 g/mol. The third-order valence-electron chi connectivity index (χ3n) is 3.15. The number of amides is 1. The lowest BCUT2D eigenvalue weighted by molar-refractivity contribution is 0.0785. The Kier molecular flexibility index (Phi) is 3.82. The van der Waals surface area contributed by atoms with Crippen LogP contribution in [0.5, 0.6) is 0 Å². The van der Waals surface area contributed by atoms with Crippen molar-refractivity contribution in [3.63, 3.8) is 0 Å². The number of carbonyl (C=O) groups excluding carboxylic acids is 1. The molecule has 1 heterocycles. The van der Waals surface area contributed by atoms with E-state index in [0.717, 1.165) is 16.7 Å². The zero-order chi connectivity index (χ0) is 13.1. The molecule has 0 atom stereocenters. The maximum absolute atomic E-state index is 12.4. The van der Waals surface area contributed by atoms with Crippen LogP contribution in [0.25, 0.3) is 0 Å². The van der Waals surface area contributed by atoms with Crippen molar-refractivity contribution >= 4 is 17.2 Å². The van der Waals surface area contributed by atoms with E-state index in [4.69, 9.17) is 0 Å². The fourth-order valence-electron chi connectivity index (χ4n) is 1.90. The van der Waals surface area contributed by atoms with Gasteiger partial charge in [0.2, 0.25) is 0 Å². The molecule has 0 fully saturated rings. The third-order valence-corrected chi connectivity index (χ3v) is 4.02. The molecule has 1 aromatic heterocycles. The molecule has 0 saturated carbocycles. The average molecular weight is 259 g/mol. The highest BCUT2D eigenvalue weighted by molar-refractivity contribution is 7.09. The third kappa shape index (κ3) is 2.62. The molecule has 0 N–H and O–H groups in total. The van der Waals surface area contributed by atoms with E-state index in [-0.39, 0.29) is 5.91 Å². The Morgan fingerprint density at radius 1 is 1.22 bits per heavy atom. The van der Waals surface area contributed by atoms with E-state index in [0.29, 0.717) is 6.54 Å². The normalized spacial score (nSPS) is 10.4. The highest BCUT2D eigenvalue weighted by Crippen LogP contribution is 2.17. The van der Waals surface area contributed by atoms with Crippen molar-refractivity contribution in [1.82, 2.24) is 4.90 Å². The Hall–Kier alpha value is -1.61. The van der Waals surface area contributed by atoms with Gasteiger partial charge in [-0.25, -0.2) is 0 Å². The number of nitrogens with zero attached hydrogens (tertiary/aromatic N) is 1. The number of aryl methyl sites for hydroxylation is 1. The van der Waals surface area contributed by atoms with Crippen LogP contribution in [0, 0.1) is 13.8 Å². The van der Waals surface area contributed by atoms with Crippen LogP contribution >= 0.6 is 11.3 Å². The van der Waals surface area contributed by atoms with Gasteiger partial charge in [-0.05, 0) is 42.5 Å². The quantitative estimate of drug-likeness (QED) is 0.824. The van der Waals surface area contributed by atoms with Crippen molar-refractivity contribution in [3.8, 4) is 0 Å². The largest absolute Gasteiger partial charge is 0.337 e. The molecule has 0 aliphatic heterocycles. The van der Waals surface area contributed by atoms with Crippen LogP contribution in [0.1, 0.15) is 26.4 Å². The molecule has 94 valence electrons. The molecule has 1 aromatic carbocycles. The SMILES string of the molecule is Cc1cccc(C(=O)N(C)Cc2cccs2)c1C. The van der Waals surface area contributed by atoms with E-state index in [1.54, 1.807) is 16.2 Å². The van der Waals surface area contributed by atoms with E-state index in [1.165, 1.54) is 4.88 Å². The van der Waals surface area contributed by atoms with Gasteiger partial charge in [-0.2, -0.15) is 0 Å². The fourth-order valence-corrected chi connectivity index (χ4v) is 2.65. The first-order valence-electron chi connectivity index (χ1n) is 5.93. The van der Waals surface area contributed by atoms with Crippen molar-refractivity contribution in [2.45, 2.75) is 20.4 Å². The number of rotatable bonds is 3. The Morgan fingerprint density at radius 2 is 2.00 bits per heavy atom. The molecule has 0 saturated heterocycles. The minimum Gasteiger partial charge on any atom is -0.337 e. The van der Waals surface area contributed by atoms with E-state index in [2.05, 4.69) is 6.07 Å². The maximum atomic E-state index is 12.4. The average Bonchev–Trinajstić information content (AvgIpc) is 2.84. The number of thiophene rings is 1. The first-order chi connectivity index (χ1) is 8.59. The molecular weight excluding hydrogens is 242 g/mol. The van der Waals surface area contributed by atoms with Gasteiger partial charge < -0.3 is 4.90 Å². The van der Waals surface area contributed by atoms with Gasteiger partial charge in [0, 0.05) is 17.5 Å². The summed E-state index contributed by atoms with van der Waals surface area (Å²) in [5.74, 6) is 0.0876. The Labute approximate surface area is 112 Å². The molecule has 0 aliphatic carbocycles. The smallest absolute Gasteiger partial charge is 0.254 e. The Balaban J connectivity index is 2.18. The van der Waals surface area contributed by atoms with Crippen molar-refractivity contribution < 1.29 is 4.79 Å². The summed E-state index contributed by atoms with van der Waals surface area (Å²) in [6.07, 6.45) is 0. The molecule has 2 nitrogen and oxygen atoms in total. The van der Waals surface area contributed by atoms with E-state index in [1.807, 2.05) is 50.5 Å².